The summed E-state index contributed by atoms with van der Waals surface area (Å²) in [7, 11) is -3.12. The minimum atomic E-state index is -3.12. The van der Waals surface area contributed by atoms with Crippen LogP contribution in [-0.4, -0.2) is 60.8 Å². The van der Waals surface area contributed by atoms with Gasteiger partial charge in [0.15, 0.2) is 9.84 Å². The van der Waals surface area contributed by atoms with Gasteiger partial charge in [0.05, 0.1) is 17.5 Å². The molecule has 0 aliphatic carbocycles. The van der Waals surface area contributed by atoms with Crippen LogP contribution in [0.2, 0.25) is 0 Å². The zero-order chi connectivity index (χ0) is 15.7. The fourth-order valence-corrected chi connectivity index (χ4v) is 4.69. The van der Waals surface area contributed by atoms with Crippen molar-refractivity contribution < 1.29 is 18.0 Å². The average Bonchev–Trinajstić information content (AvgIpc) is 2.97. The van der Waals surface area contributed by atoms with E-state index >= 15 is 0 Å². The maximum Gasteiger partial charge on any atom is 0.327 e. The fraction of sp³-hybridized carbons (Fsp3) is 0.467. The molecule has 2 aliphatic rings. The first-order valence-electron chi connectivity index (χ1n) is 7.31. The molecular weight excluding hydrogens is 304 g/mol. The first kappa shape index (κ1) is 15.0. The highest BCUT2D eigenvalue weighted by molar-refractivity contribution is 7.91. The van der Waals surface area contributed by atoms with Gasteiger partial charge in [-0.2, -0.15) is 0 Å². The number of hydrogen-bond acceptors (Lipinski definition) is 4. The number of hydrogen-bond donors (Lipinski definition) is 0. The van der Waals surface area contributed by atoms with E-state index in [1.54, 1.807) is 0 Å². The SMILES string of the molecule is O=C1CN(CCc2ccccc2)C(=O)N1C1CCS(=O)(=O)C1. The summed E-state index contributed by atoms with van der Waals surface area (Å²) in [6.07, 6.45) is 1.03. The lowest BCUT2D eigenvalue weighted by atomic mass is 10.1. The topological polar surface area (TPSA) is 74.8 Å². The van der Waals surface area contributed by atoms with Crippen LogP contribution in [0.1, 0.15) is 12.0 Å². The Labute approximate surface area is 129 Å². The molecule has 22 heavy (non-hydrogen) atoms. The lowest BCUT2D eigenvalue weighted by molar-refractivity contribution is -0.126. The summed E-state index contributed by atoms with van der Waals surface area (Å²) in [5.41, 5.74) is 1.10. The molecule has 6 nitrogen and oxygen atoms in total. The second-order valence-electron chi connectivity index (χ2n) is 5.76. The molecule has 0 N–H and O–H groups in total. The summed E-state index contributed by atoms with van der Waals surface area (Å²) in [5, 5.41) is 0. The van der Waals surface area contributed by atoms with Crippen molar-refractivity contribution in [2.75, 3.05) is 24.6 Å². The van der Waals surface area contributed by atoms with Gasteiger partial charge in [0.25, 0.3) is 5.91 Å². The zero-order valence-corrected chi connectivity index (χ0v) is 13.0. The number of imide groups is 1. The highest BCUT2D eigenvalue weighted by Crippen LogP contribution is 2.23. The fourth-order valence-electron chi connectivity index (χ4n) is 2.99. The van der Waals surface area contributed by atoms with E-state index in [2.05, 4.69) is 0 Å². The number of benzene rings is 1. The quantitative estimate of drug-likeness (QED) is 0.764. The Kier molecular flexibility index (Phi) is 3.90. The third-order valence-corrected chi connectivity index (χ3v) is 5.91. The van der Waals surface area contributed by atoms with Gasteiger partial charge >= 0.3 is 6.03 Å². The summed E-state index contributed by atoms with van der Waals surface area (Å²) < 4.78 is 23.1. The number of sulfone groups is 1. The van der Waals surface area contributed by atoms with Gasteiger partial charge in [0, 0.05) is 6.54 Å². The summed E-state index contributed by atoms with van der Waals surface area (Å²) in [5.74, 6) is -0.337. The monoisotopic (exact) mass is 322 g/mol. The largest absolute Gasteiger partial charge is 0.327 e. The van der Waals surface area contributed by atoms with Gasteiger partial charge in [0.2, 0.25) is 0 Å². The number of carbonyl (C=O) groups is 2. The number of nitrogens with zero attached hydrogens (tertiary/aromatic N) is 2. The van der Waals surface area contributed by atoms with E-state index in [4.69, 9.17) is 0 Å². The molecular formula is C15H18N2O4S. The van der Waals surface area contributed by atoms with Crippen LogP contribution in [0.15, 0.2) is 30.3 Å². The van der Waals surface area contributed by atoms with Crippen LogP contribution in [-0.2, 0) is 21.1 Å². The van der Waals surface area contributed by atoms with Gasteiger partial charge in [-0.15, -0.1) is 0 Å². The second kappa shape index (κ2) is 5.72. The Bertz CT molecular complexity index is 687. The molecule has 3 amide bonds. The molecule has 0 saturated carbocycles. The van der Waals surface area contributed by atoms with Crippen LogP contribution in [0.25, 0.3) is 0 Å². The van der Waals surface area contributed by atoms with E-state index in [-0.39, 0.29) is 30.0 Å². The summed E-state index contributed by atoms with van der Waals surface area (Å²) in [6.45, 7) is 0.507. The van der Waals surface area contributed by atoms with E-state index < -0.39 is 15.9 Å². The lowest BCUT2D eigenvalue weighted by Crippen LogP contribution is -2.42. The Balaban J connectivity index is 1.64. The van der Waals surface area contributed by atoms with E-state index in [0.29, 0.717) is 19.4 Å². The molecule has 0 bridgehead atoms. The third kappa shape index (κ3) is 2.99. The van der Waals surface area contributed by atoms with Crippen LogP contribution >= 0.6 is 0 Å². The second-order valence-corrected chi connectivity index (χ2v) is 7.99. The highest BCUT2D eigenvalue weighted by atomic mass is 32.2. The summed E-state index contributed by atoms with van der Waals surface area (Å²) in [4.78, 5) is 27.1. The van der Waals surface area contributed by atoms with Crippen molar-refractivity contribution in [2.24, 2.45) is 0 Å². The minimum absolute atomic E-state index is 0.0439. The normalized spacial score (nSPS) is 24.3. The first-order chi connectivity index (χ1) is 10.5. The predicted octanol–water partition coefficient (Wildman–Crippen LogP) is 0.680. The lowest BCUT2D eigenvalue weighted by Gasteiger charge is -2.21. The summed E-state index contributed by atoms with van der Waals surface area (Å²) >= 11 is 0. The Morgan fingerprint density at radius 1 is 1.14 bits per heavy atom. The molecule has 1 aromatic rings. The smallest absolute Gasteiger partial charge is 0.315 e. The third-order valence-electron chi connectivity index (χ3n) is 4.16. The van der Waals surface area contributed by atoms with Crippen LogP contribution < -0.4 is 0 Å². The highest BCUT2D eigenvalue weighted by Gasteiger charge is 2.44. The first-order valence-corrected chi connectivity index (χ1v) is 9.14. The Morgan fingerprint density at radius 3 is 2.50 bits per heavy atom. The van der Waals surface area contributed by atoms with Gasteiger partial charge < -0.3 is 4.90 Å². The van der Waals surface area contributed by atoms with Crippen molar-refractivity contribution in [2.45, 2.75) is 18.9 Å². The average molecular weight is 322 g/mol. The van der Waals surface area contributed by atoms with Gasteiger partial charge in [-0.3, -0.25) is 9.69 Å². The van der Waals surface area contributed by atoms with Crippen LogP contribution in [0, 0.1) is 0 Å². The van der Waals surface area contributed by atoms with Crippen LogP contribution in [0.5, 0.6) is 0 Å². The molecule has 0 aromatic heterocycles. The van der Waals surface area contributed by atoms with Gasteiger partial charge in [-0.25, -0.2) is 13.2 Å². The predicted molar refractivity (Wildman–Crippen MR) is 81.0 cm³/mol. The Hall–Kier alpha value is -1.89. The molecule has 1 aromatic carbocycles. The Morgan fingerprint density at radius 2 is 1.86 bits per heavy atom. The maximum absolute atomic E-state index is 12.4. The van der Waals surface area contributed by atoms with E-state index in [1.165, 1.54) is 4.90 Å². The molecule has 1 unspecified atom stereocenters. The number of carbonyl (C=O) groups excluding carboxylic acids is 2. The van der Waals surface area contributed by atoms with Crippen molar-refractivity contribution in [1.29, 1.82) is 0 Å². The number of amides is 3. The van der Waals surface area contributed by atoms with Gasteiger partial charge in [-0.05, 0) is 18.4 Å². The number of urea groups is 1. The van der Waals surface area contributed by atoms with Crippen LogP contribution in [0.3, 0.4) is 0 Å². The summed E-state index contributed by atoms with van der Waals surface area (Å²) in [6, 6.07) is 8.89. The minimum Gasteiger partial charge on any atom is -0.315 e. The van der Waals surface area contributed by atoms with E-state index in [1.807, 2.05) is 30.3 Å². The maximum atomic E-state index is 12.4. The molecule has 2 aliphatic heterocycles. The number of rotatable bonds is 4. The molecule has 1 atom stereocenters. The molecule has 2 fully saturated rings. The molecule has 0 radical (unpaired) electrons. The van der Waals surface area contributed by atoms with E-state index in [9.17, 15) is 18.0 Å². The van der Waals surface area contributed by atoms with Crippen molar-refractivity contribution in [3.05, 3.63) is 35.9 Å². The van der Waals surface area contributed by atoms with Crippen molar-refractivity contribution in [1.82, 2.24) is 9.80 Å². The van der Waals surface area contributed by atoms with Gasteiger partial charge in [0.1, 0.15) is 6.54 Å². The van der Waals surface area contributed by atoms with Crippen molar-refractivity contribution in [3.8, 4) is 0 Å². The standard InChI is InChI=1S/C15H18N2O4S/c18-14-10-16(8-6-12-4-2-1-3-5-12)15(19)17(14)13-7-9-22(20,21)11-13/h1-5,13H,6-11H2. The molecule has 2 heterocycles. The van der Waals surface area contributed by atoms with Crippen LogP contribution in [0.4, 0.5) is 4.79 Å². The molecule has 3 rings (SSSR count). The zero-order valence-electron chi connectivity index (χ0n) is 12.1. The van der Waals surface area contributed by atoms with Crippen molar-refractivity contribution in [3.63, 3.8) is 0 Å². The molecule has 2 saturated heterocycles. The molecule has 118 valence electrons. The van der Waals surface area contributed by atoms with Gasteiger partial charge in [-0.1, -0.05) is 30.3 Å². The van der Waals surface area contributed by atoms with Crippen molar-refractivity contribution >= 4 is 21.8 Å². The molecule has 7 heteroatoms. The molecule has 0 spiro atoms. The van der Waals surface area contributed by atoms with E-state index in [0.717, 1.165) is 10.5 Å².